The lowest BCUT2D eigenvalue weighted by molar-refractivity contribution is 0.0778. The molecule has 1 rings (SSSR count). The van der Waals surface area contributed by atoms with E-state index in [4.69, 9.17) is 9.47 Å². The number of rotatable bonds is 7. The van der Waals surface area contributed by atoms with Crippen LogP contribution in [0.25, 0.3) is 0 Å². The Hall–Kier alpha value is -1.97. The van der Waals surface area contributed by atoms with Gasteiger partial charge in [-0.15, -0.1) is 0 Å². The van der Waals surface area contributed by atoms with Crippen molar-refractivity contribution < 1.29 is 14.3 Å². The van der Waals surface area contributed by atoms with E-state index in [2.05, 4.69) is 6.58 Å². The molecule has 1 aromatic carbocycles. The molecule has 0 aromatic heterocycles. The van der Waals surface area contributed by atoms with Gasteiger partial charge in [-0.05, 0) is 39.0 Å². The smallest absolute Gasteiger partial charge is 0.254 e. The highest BCUT2D eigenvalue weighted by molar-refractivity contribution is 5.95. The molecule has 0 fully saturated rings. The van der Waals surface area contributed by atoms with Crippen molar-refractivity contribution in [2.75, 3.05) is 26.8 Å². The standard InChI is InChI=1S/C16H23NO3/c1-6-17(11-12(3)4)16(18)13-8-9-14(19-5)15(10-13)20-7-2/h8-10H,3,6-7,11H2,1-2,4-5H3. The summed E-state index contributed by atoms with van der Waals surface area (Å²) in [5.74, 6) is 1.19. The third-order valence-electron chi connectivity index (χ3n) is 2.84. The Kier molecular flexibility index (Phi) is 6.10. The van der Waals surface area contributed by atoms with Crippen LogP contribution in [0.4, 0.5) is 0 Å². The van der Waals surface area contributed by atoms with Crippen LogP contribution in [0.2, 0.25) is 0 Å². The monoisotopic (exact) mass is 277 g/mol. The van der Waals surface area contributed by atoms with Gasteiger partial charge in [0, 0.05) is 18.7 Å². The topological polar surface area (TPSA) is 38.8 Å². The van der Waals surface area contributed by atoms with Gasteiger partial charge in [0.25, 0.3) is 5.91 Å². The summed E-state index contributed by atoms with van der Waals surface area (Å²) >= 11 is 0. The number of hydrogen-bond donors (Lipinski definition) is 0. The van der Waals surface area contributed by atoms with Crippen molar-refractivity contribution in [1.82, 2.24) is 4.90 Å². The van der Waals surface area contributed by atoms with Crippen molar-refractivity contribution in [3.8, 4) is 11.5 Å². The summed E-state index contributed by atoms with van der Waals surface area (Å²) in [6, 6.07) is 5.24. The van der Waals surface area contributed by atoms with Crippen LogP contribution in [0.1, 0.15) is 31.1 Å². The van der Waals surface area contributed by atoms with Gasteiger partial charge in [0.2, 0.25) is 0 Å². The fraction of sp³-hybridized carbons (Fsp3) is 0.438. The molecule has 110 valence electrons. The van der Waals surface area contributed by atoms with E-state index in [0.717, 1.165) is 5.57 Å². The maximum atomic E-state index is 12.5. The Bertz CT molecular complexity index is 483. The van der Waals surface area contributed by atoms with E-state index in [-0.39, 0.29) is 5.91 Å². The Morgan fingerprint density at radius 2 is 2.00 bits per heavy atom. The molecule has 0 N–H and O–H groups in total. The van der Waals surface area contributed by atoms with Crippen molar-refractivity contribution in [2.45, 2.75) is 20.8 Å². The number of benzene rings is 1. The molecule has 0 unspecified atom stereocenters. The normalized spacial score (nSPS) is 10.0. The molecule has 4 nitrogen and oxygen atoms in total. The summed E-state index contributed by atoms with van der Waals surface area (Å²) in [6.07, 6.45) is 0. The minimum absolute atomic E-state index is 0.0286. The number of amides is 1. The van der Waals surface area contributed by atoms with Crippen LogP contribution in [0.15, 0.2) is 30.4 Å². The molecule has 0 atom stereocenters. The van der Waals surface area contributed by atoms with Gasteiger partial charge in [-0.3, -0.25) is 4.79 Å². The summed E-state index contributed by atoms with van der Waals surface area (Å²) in [7, 11) is 1.58. The Balaban J connectivity index is 3.02. The molecule has 0 radical (unpaired) electrons. The molecule has 0 aliphatic carbocycles. The summed E-state index contributed by atoms with van der Waals surface area (Å²) in [5, 5.41) is 0. The number of likely N-dealkylation sites (N-methyl/N-ethyl adjacent to an activating group) is 1. The fourth-order valence-corrected chi connectivity index (χ4v) is 1.91. The number of carbonyl (C=O) groups is 1. The zero-order chi connectivity index (χ0) is 15.1. The zero-order valence-electron chi connectivity index (χ0n) is 12.7. The number of carbonyl (C=O) groups excluding carboxylic acids is 1. The Morgan fingerprint density at radius 1 is 1.30 bits per heavy atom. The molecule has 4 heteroatoms. The SMILES string of the molecule is C=C(C)CN(CC)C(=O)c1ccc(OC)c(OCC)c1. The average Bonchev–Trinajstić information content (AvgIpc) is 2.44. The molecule has 0 aliphatic rings. The summed E-state index contributed by atoms with van der Waals surface area (Å²) in [6.45, 7) is 11.3. The van der Waals surface area contributed by atoms with E-state index >= 15 is 0 Å². The van der Waals surface area contributed by atoms with E-state index in [0.29, 0.717) is 36.8 Å². The summed E-state index contributed by atoms with van der Waals surface area (Å²) in [4.78, 5) is 14.2. The second-order valence-electron chi connectivity index (χ2n) is 4.58. The number of nitrogens with zero attached hydrogens (tertiary/aromatic N) is 1. The predicted molar refractivity (Wildman–Crippen MR) is 80.6 cm³/mol. The number of ether oxygens (including phenoxy) is 2. The van der Waals surface area contributed by atoms with Crippen molar-refractivity contribution in [3.05, 3.63) is 35.9 Å². The quantitative estimate of drug-likeness (QED) is 0.719. The lowest BCUT2D eigenvalue weighted by atomic mass is 10.1. The molecule has 1 aromatic rings. The van der Waals surface area contributed by atoms with E-state index in [1.165, 1.54) is 0 Å². The maximum absolute atomic E-state index is 12.5. The third kappa shape index (κ3) is 4.02. The van der Waals surface area contributed by atoms with Gasteiger partial charge < -0.3 is 14.4 Å². The van der Waals surface area contributed by atoms with E-state index in [1.807, 2.05) is 20.8 Å². The highest BCUT2D eigenvalue weighted by Crippen LogP contribution is 2.28. The highest BCUT2D eigenvalue weighted by Gasteiger charge is 2.16. The van der Waals surface area contributed by atoms with Gasteiger partial charge in [0.1, 0.15) is 0 Å². The molecular weight excluding hydrogens is 254 g/mol. The molecule has 0 saturated heterocycles. The second kappa shape index (κ2) is 7.58. The van der Waals surface area contributed by atoms with Gasteiger partial charge in [-0.2, -0.15) is 0 Å². The lowest BCUT2D eigenvalue weighted by Gasteiger charge is -2.21. The van der Waals surface area contributed by atoms with E-state index in [1.54, 1.807) is 30.2 Å². The van der Waals surface area contributed by atoms with Crippen LogP contribution in [0.3, 0.4) is 0 Å². The van der Waals surface area contributed by atoms with Gasteiger partial charge in [-0.1, -0.05) is 12.2 Å². The second-order valence-corrected chi connectivity index (χ2v) is 4.58. The van der Waals surface area contributed by atoms with E-state index in [9.17, 15) is 4.79 Å². The molecule has 0 heterocycles. The molecular formula is C16H23NO3. The maximum Gasteiger partial charge on any atom is 0.254 e. The first kappa shape index (κ1) is 16.1. The predicted octanol–water partition coefficient (Wildman–Crippen LogP) is 3.13. The minimum atomic E-state index is -0.0286. The Labute approximate surface area is 121 Å². The van der Waals surface area contributed by atoms with Crippen LogP contribution in [0.5, 0.6) is 11.5 Å². The van der Waals surface area contributed by atoms with Crippen LogP contribution in [-0.2, 0) is 0 Å². The lowest BCUT2D eigenvalue weighted by Crippen LogP contribution is -2.32. The van der Waals surface area contributed by atoms with Gasteiger partial charge >= 0.3 is 0 Å². The number of methoxy groups -OCH3 is 1. The van der Waals surface area contributed by atoms with Gasteiger partial charge in [0.15, 0.2) is 11.5 Å². The first-order chi connectivity index (χ1) is 9.53. The third-order valence-corrected chi connectivity index (χ3v) is 2.84. The molecule has 0 saturated carbocycles. The van der Waals surface area contributed by atoms with E-state index < -0.39 is 0 Å². The molecule has 20 heavy (non-hydrogen) atoms. The number of hydrogen-bond acceptors (Lipinski definition) is 3. The largest absolute Gasteiger partial charge is 0.493 e. The highest BCUT2D eigenvalue weighted by atomic mass is 16.5. The summed E-state index contributed by atoms with van der Waals surface area (Å²) < 4.78 is 10.7. The fourth-order valence-electron chi connectivity index (χ4n) is 1.91. The first-order valence-electron chi connectivity index (χ1n) is 6.77. The average molecular weight is 277 g/mol. The first-order valence-corrected chi connectivity index (χ1v) is 6.77. The molecule has 0 aliphatic heterocycles. The molecule has 1 amide bonds. The zero-order valence-corrected chi connectivity index (χ0v) is 12.7. The van der Waals surface area contributed by atoms with Crippen LogP contribution < -0.4 is 9.47 Å². The summed E-state index contributed by atoms with van der Waals surface area (Å²) in [5.41, 5.74) is 1.55. The van der Waals surface area contributed by atoms with Crippen molar-refractivity contribution in [3.63, 3.8) is 0 Å². The van der Waals surface area contributed by atoms with Crippen molar-refractivity contribution in [2.24, 2.45) is 0 Å². The van der Waals surface area contributed by atoms with Crippen LogP contribution in [0, 0.1) is 0 Å². The van der Waals surface area contributed by atoms with Crippen molar-refractivity contribution >= 4 is 5.91 Å². The van der Waals surface area contributed by atoms with Crippen LogP contribution in [-0.4, -0.2) is 37.6 Å². The minimum Gasteiger partial charge on any atom is -0.493 e. The van der Waals surface area contributed by atoms with Gasteiger partial charge in [-0.25, -0.2) is 0 Å². The molecule has 0 spiro atoms. The Morgan fingerprint density at radius 3 is 2.50 bits per heavy atom. The molecule has 0 bridgehead atoms. The van der Waals surface area contributed by atoms with Gasteiger partial charge in [0.05, 0.1) is 13.7 Å². The van der Waals surface area contributed by atoms with Crippen LogP contribution >= 0.6 is 0 Å². The van der Waals surface area contributed by atoms with Crippen molar-refractivity contribution in [1.29, 1.82) is 0 Å².